The van der Waals surface area contributed by atoms with E-state index in [0.29, 0.717) is 45.5 Å². The zero-order valence-corrected chi connectivity index (χ0v) is 15.1. The number of aryl methyl sites for hydroxylation is 1. The van der Waals surface area contributed by atoms with Gasteiger partial charge >= 0.3 is 5.69 Å². The van der Waals surface area contributed by atoms with Crippen molar-refractivity contribution in [2.75, 3.05) is 33.0 Å². The van der Waals surface area contributed by atoms with Gasteiger partial charge in [0.25, 0.3) is 0 Å². The fourth-order valence-corrected chi connectivity index (χ4v) is 3.31. The zero-order chi connectivity index (χ0) is 18.6. The van der Waals surface area contributed by atoms with Crippen LogP contribution in [0.15, 0.2) is 41.7 Å². The van der Waals surface area contributed by atoms with Crippen molar-refractivity contribution in [1.82, 2.24) is 9.55 Å². The Bertz CT molecular complexity index is 886. The SMILES string of the molecule is C=CCOc1ccc2c(c1)CCn1c-2cc(OCC2COCCO2)nc1=O. The van der Waals surface area contributed by atoms with E-state index in [4.69, 9.17) is 18.9 Å². The Morgan fingerprint density at radius 2 is 2.22 bits per heavy atom. The van der Waals surface area contributed by atoms with Crippen LogP contribution in [0.25, 0.3) is 11.3 Å². The number of nitrogens with zero attached hydrogens (tertiary/aromatic N) is 2. The largest absolute Gasteiger partial charge is 0.490 e. The highest BCUT2D eigenvalue weighted by molar-refractivity contribution is 5.67. The summed E-state index contributed by atoms with van der Waals surface area (Å²) in [5, 5.41) is 0. The van der Waals surface area contributed by atoms with Crippen LogP contribution in [0.3, 0.4) is 0 Å². The lowest BCUT2D eigenvalue weighted by atomic mass is 9.97. The third-order valence-corrected chi connectivity index (χ3v) is 4.62. The minimum absolute atomic E-state index is 0.142. The Labute approximate surface area is 157 Å². The first-order valence-electron chi connectivity index (χ1n) is 9.05. The molecule has 0 spiro atoms. The summed E-state index contributed by atoms with van der Waals surface area (Å²) in [5.41, 5.74) is 2.63. The summed E-state index contributed by atoms with van der Waals surface area (Å²) in [4.78, 5) is 16.5. The molecule has 1 atom stereocenters. The van der Waals surface area contributed by atoms with Crippen LogP contribution >= 0.6 is 0 Å². The van der Waals surface area contributed by atoms with Crippen LogP contribution in [0.1, 0.15) is 5.56 Å². The molecule has 1 saturated heterocycles. The van der Waals surface area contributed by atoms with E-state index >= 15 is 0 Å². The molecular weight excluding hydrogens is 348 g/mol. The highest BCUT2D eigenvalue weighted by atomic mass is 16.6. The predicted octanol–water partition coefficient (Wildman–Crippen LogP) is 1.83. The summed E-state index contributed by atoms with van der Waals surface area (Å²) in [7, 11) is 0. The third-order valence-electron chi connectivity index (χ3n) is 4.62. The van der Waals surface area contributed by atoms with Gasteiger partial charge in [-0.3, -0.25) is 4.57 Å². The van der Waals surface area contributed by atoms with Crippen molar-refractivity contribution >= 4 is 0 Å². The van der Waals surface area contributed by atoms with E-state index in [1.165, 1.54) is 0 Å². The first-order chi connectivity index (χ1) is 13.2. The second kappa shape index (κ2) is 7.94. The molecule has 1 aromatic heterocycles. The smallest absolute Gasteiger partial charge is 0.351 e. The van der Waals surface area contributed by atoms with Gasteiger partial charge in [0, 0.05) is 18.2 Å². The average Bonchev–Trinajstić information content (AvgIpc) is 2.71. The number of aromatic nitrogens is 2. The monoisotopic (exact) mass is 370 g/mol. The maximum atomic E-state index is 12.4. The third kappa shape index (κ3) is 3.89. The first kappa shape index (κ1) is 17.8. The van der Waals surface area contributed by atoms with E-state index in [0.717, 1.165) is 29.0 Å². The van der Waals surface area contributed by atoms with Crippen LogP contribution in [0.2, 0.25) is 0 Å². The van der Waals surface area contributed by atoms with E-state index in [1.807, 2.05) is 24.3 Å². The molecule has 27 heavy (non-hydrogen) atoms. The Morgan fingerprint density at radius 3 is 3.04 bits per heavy atom. The second-order valence-corrected chi connectivity index (χ2v) is 6.46. The van der Waals surface area contributed by atoms with Crippen LogP contribution in [0.4, 0.5) is 0 Å². The molecule has 0 aliphatic carbocycles. The van der Waals surface area contributed by atoms with Crippen LogP contribution in [-0.2, 0) is 22.4 Å². The van der Waals surface area contributed by atoms with Crippen molar-refractivity contribution in [2.45, 2.75) is 19.1 Å². The molecule has 0 radical (unpaired) electrons. The number of hydrogen-bond acceptors (Lipinski definition) is 6. The highest BCUT2D eigenvalue weighted by Gasteiger charge is 2.21. The van der Waals surface area contributed by atoms with Crippen molar-refractivity contribution in [3.05, 3.63) is 53.0 Å². The number of rotatable bonds is 6. The molecule has 1 unspecified atom stereocenters. The predicted molar refractivity (Wildman–Crippen MR) is 99.4 cm³/mol. The van der Waals surface area contributed by atoms with Crippen molar-refractivity contribution in [3.63, 3.8) is 0 Å². The number of fused-ring (bicyclic) bond motifs is 3. The molecule has 2 aromatic rings. The molecule has 0 saturated carbocycles. The molecule has 7 nitrogen and oxygen atoms in total. The Kier molecular flexibility index (Phi) is 5.22. The molecule has 4 rings (SSSR count). The van der Waals surface area contributed by atoms with Crippen LogP contribution in [-0.4, -0.2) is 48.7 Å². The maximum Gasteiger partial charge on any atom is 0.351 e. The summed E-state index contributed by atoms with van der Waals surface area (Å²) in [6, 6.07) is 7.70. The summed E-state index contributed by atoms with van der Waals surface area (Å²) >= 11 is 0. The zero-order valence-electron chi connectivity index (χ0n) is 15.1. The number of hydrogen-bond donors (Lipinski definition) is 0. The lowest BCUT2D eigenvalue weighted by molar-refractivity contribution is -0.102. The van der Waals surface area contributed by atoms with E-state index < -0.39 is 0 Å². The lowest BCUT2D eigenvalue weighted by Gasteiger charge is -2.24. The molecule has 142 valence electrons. The van der Waals surface area contributed by atoms with E-state index in [-0.39, 0.29) is 11.8 Å². The molecule has 7 heteroatoms. The van der Waals surface area contributed by atoms with Crippen molar-refractivity contribution < 1.29 is 18.9 Å². The Hall–Kier alpha value is -2.64. The summed E-state index contributed by atoms with van der Waals surface area (Å²) in [6.45, 7) is 6.65. The highest BCUT2D eigenvalue weighted by Crippen LogP contribution is 2.32. The summed E-state index contributed by atoms with van der Waals surface area (Å²) in [5.74, 6) is 1.10. The molecule has 0 amide bonds. The maximum absolute atomic E-state index is 12.4. The molecule has 1 aromatic carbocycles. The van der Waals surface area contributed by atoms with Crippen LogP contribution in [0, 0.1) is 0 Å². The minimum atomic E-state index is -0.305. The summed E-state index contributed by atoms with van der Waals surface area (Å²) in [6.07, 6.45) is 2.32. The Morgan fingerprint density at radius 1 is 1.30 bits per heavy atom. The lowest BCUT2D eigenvalue weighted by Crippen LogP contribution is -2.34. The van der Waals surface area contributed by atoms with Gasteiger partial charge < -0.3 is 18.9 Å². The van der Waals surface area contributed by atoms with Crippen molar-refractivity contribution in [2.24, 2.45) is 0 Å². The quantitative estimate of drug-likeness (QED) is 0.723. The van der Waals surface area contributed by atoms with Gasteiger partial charge in [-0.15, -0.1) is 0 Å². The van der Waals surface area contributed by atoms with E-state index in [1.54, 1.807) is 10.6 Å². The first-order valence-corrected chi connectivity index (χ1v) is 9.05. The van der Waals surface area contributed by atoms with Crippen LogP contribution in [0.5, 0.6) is 11.6 Å². The van der Waals surface area contributed by atoms with Gasteiger partial charge in [-0.05, 0) is 30.2 Å². The average molecular weight is 370 g/mol. The van der Waals surface area contributed by atoms with E-state index in [9.17, 15) is 4.79 Å². The molecule has 1 fully saturated rings. The topological polar surface area (TPSA) is 71.8 Å². The molecule has 0 bridgehead atoms. The van der Waals surface area contributed by atoms with Gasteiger partial charge in [-0.25, -0.2) is 4.79 Å². The molecule has 3 heterocycles. The fraction of sp³-hybridized carbons (Fsp3) is 0.400. The normalized spacial score (nSPS) is 18.3. The van der Waals surface area contributed by atoms with Gasteiger partial charge in [0.15, 0.2) is 0 Å². The van der Waals surface area contributed by atoms with Gasteiger partial charge in [0.05, 0.1) is 25.5 Å². The van der Waals surface area contributed by atoms with Crippen LogP contribution < -0.4 is 15.2 Å². The standard InChI is InChI=1S/C20H22N2O5/c1-2-7-25-15-3-4-17-14(10-15)5-6-22-18(17)11-19(21-20(22)23)27-13-16-12-24-8-9-26-16/h2-4,10-11,16H,1,5-9,12-13H2. The van der Waals surface area contributed by atoms with Crippen molar-refractivity contribution in [3.8, 4) is 22.9 Å². The second-order valence-electron chi connectivity index (χ2n) is 6.46. The van der Waals surface area contributed by atoms with E-state index in [2.05, 4.69) is 11.6 Å². The molecule has 2 aliphatic heterocycles. The Balaban J connectivity index is 1.58. The summed E-state index contributed by atoms with van der Waals surface area (Å²) < 4.78 is 23.9. The fourth-order valence-electron chi connectivity index (χ4n) is 3.31. The van der Waals surface area contributed by atoms with Gasteiger partial charge in [0.1, 0.15) is 25.1 Å². The number of benzene rings is 1. The molecule has 2 aliphatic rings. The minimum Gasteiger partial charge on any atom is -0.490 e. The van der Waals surface area contributed by atoms with Crippen molar-refractivity contribution in [1.29, 1.82) is 0 Å². The van der Waals surface area contributed by atoms with Gasteiger partial charge in [-0.2, -0.15) is 4.98 Å². The van der Waals surface area contributed by atoms with Gasteiger partial charge in [-0.1, -0.05) is 12.7 Å². The van der Waals surface area contributed by atoms with Gasteiger partial charge in [0.2, 0.25) is 5.88 Å². The molecule has 0 N–H and O–H groups in total. The molecular formula is C20H22N2O5. The number of ether oxygens (including phenoxy) is 4.